The van der Waals surface area contributed by atoms with Gasteiger partial charge in [-0.2, -0.15) is 5.26 Å². The third-order valence-electron chi connectivity index (χ3n) is 2.27. The van der Waals surface area contributed by atoms with Gasteiger partial charge in [-0.25, -0.2) is 9.97 Å². The summed E-state index contributed by atoms with van der Waals surface area (Å²) < 4.78 is 6.12. The number of hydrogen-bond donors (Lipinski definition) is 0. The van der Waals surface area contributed by atoms with Gasteiger partial charge in [-0.3, -0.25) is 0 Å². The van der Waals surface area contributed by atoms with Gasteiger partial charge in [-0.1, -0.05) is 27.5 Å². The lowest BCUT2D eigenvalue weighted by Crippen LogP contribution is -1.95. The van der Waals surface area contributed by atoms with Crippen molar-refractivity contribution >= 4 is 27.5 Å². The third kappa shape index (κ3) is 2.45. The maximum Gasteiger partial charge on any atom is 0.164 e. The summed E-state index contributed by atoms with van der Waals surface area (Å²) in [6.07, 6.45) is 1.39. The molecule has 0 atom stereocenters. The Hall–Kier alpha value is -1.64. The normalized spacial score (nSPS) is 9.89. The molecule has 1 aromatic carbocycles. The van der Waals surface area contributed by atoms with E-state index in [2.05, 4.69) is 25.9 Å². The fourth-order valence-corrected chi connectivity index (χ4v) is 1.95. The minimum atomic E-state index is 0.129. The number of nitriles is 1. The molecule has 0 spiro atoms. The molecule has 18 heavy (non-hydrogen) atoms. The molecular formula is C12H7BrClN3O. The Bertz CT molecular complexity index is 640. The number of benzene rings is 1. The molecule has 2 aromatic rings. The number of halogens is 2. The molecule has 0 saturated heterocycles. The lowest BCUT2D eigenvalue weighted by molar-refractivity contribution is 0.416. The molecule has 0 amide bonds. The van der Waals surface area contributed by atoms with Crippen LogP contribution in [0.2, 0.25) is 5.15 Å². The first-order chi connectivity index (χ1) is 8.65. The van der Waals surface area contributed by atoms with E-state index in [4.69, 9.17) is 21.6 Å². The Labute approximate surface area is 117 Å². The summed E-state index contributed by atoms with van der Waals surface area (Å²) in [5.41, 5.74) is 0.952. The van der Waals surface area contributed by atoms with Gasteiger partial charge in [0.1, 0.15) is 17.4 Å². The summed E-state index contributed by atoms with van der Waals surface area (Å²) in [5.74, 6) is 1.05. The molecule has 4 nitrogen and oxygen atoms in total. The standard InChI is InChI=1S/C12H7BrClN3O/c1-18-10-3-2-8(13)4-9(10)12-16-6-7(5-15)11(14)17-12/h2-4,6H,1H3. The summed E-state index contributed by atoms with van der Waals surface area (Å²) in [5, 5.41) is 8.91. The smallest absolute Gasteiger partial charge is 0.164 e. The molecule has 0 aliphatic rings. The highest BCUT2D eigenvalue weighted by Gasteiger charge is 2.11. The Morgan fingerprint density at radius 2 is 2.22 bits per heavy atom. The van der Waals surface area contributed by atoms with Gasteiger partial charge in [-0.15, -0.1) is 0 Å². The van der Waals surface area contributed by atoms with Crippen molar-refractivity contribution in [1.29, 1.82) is 5.26 Å². The minimum Gasteiger partial charge on any atom is -0.496 e. The minimum absolute atomic E-state index is 0.129. The quantitative estimate of drug-likeness (QED) is 0.794. The van der Waals surface area contributed by atoms with Crippen LogP contribution < -0.4 is 4.74 Å². The van der Waals surface area contributed by atoms with Crippen LogP contribution in [-0.2, 0) is 0 Å². The van der Waals surface area contributed by atoms with Crippen LogP contribution in [-0.4, -0.2) is 17.1 Å². The molecule has 90 valence electrons. The van der Waals surface area contributed by atoms with Crippen molar-refractivity contribution in [3.63, 3.8) is 0 Å². The first-order valence-electron chi connectivity index (χ1n) is 4.92. The monoisotopic (exact) mass is 323 g/mol. The van der Waals surface area contributed by atoms with Crippen LogP contribution >= 0.6 is 27.5 Å². The van der Waals surface area contributed by atoms with E-state index in [0.29, 0.717) is 17.1 Å². The van der Waals surface area contributed by atoms with Gasteiger partial charge in [0.15, 0.2) is 11.0 Å². The van der Waals surface area contributed by atoms with Gasteiger partial charge in [0, 0.05) is 4.47 Å². The first kappa shape index (κ1) is 12.8. The van der Waals surface area contributed by atoms with Crippen molar-refractivity contribution in [1.82, 2.24) is 9.97 Å². The van der Waals surface area contributed by atoms with Crippen molar-refractivity contribution in [2.45, 2.75) is 0 Å². The van der Waals surface area contributed by atoms with E-state index in [1.165, 1.54) is 6.20 Å². The number of hydrogen-bond acceptors (Lipinski definition) is 4. The Balaban J connectivity index is 2.58. The highest BCUT2D eigenvalue weighted by molar-refractivity contribution is 9.10. The molecule has 1 heterocycles. The van der Waals surface area contributed by atoms with E-state index in [1.54, 1.807) is 13.2 Å². The second kappa shape index (κ2) is 5.34. The fourth-order valence-electron chi connectivity index (χ4n) is 1.42. The van der Waals surface area contributed by atoms with E-state index in [9.17, 15) is 0 Å². The second-order valence-corrected chi connectivity index (χ2v) is 4.63. The summed E-state index contributed by atoms with van der Waals surface area (Å²) in [4.78, 5) is 8.21. The van der Waals surface area contributed by atoms with Crippen LogP contribution in [0.5, 0.6) is 5.75 Å². The van der Waals surface area contributed by atoms with Gasteiger partial charge < -0.3 is 4.74 Å². The molecule has 0 aliphatic carbocycles. The predicted molar refractivity (Wildman–Crippen MR) is 71.4 cm³/mol. The second-order valence-electron chi connectivity index (χ2n) is 3.35. The van der Waals surface area contributed by atoms with Gasteiger partial charge in [-0.05, 0) is 18.2 Å². The van der Waals surface area contributed by atoms with E-state index >= 15 is 0 Å². The Morgan fingerprint density at radius 1 is 1.44 bits per heavy atom. The molecule has 0 radical (unpaired) electrons. The van der Waals surface area contributed by atoms with E-state index in [0.717, 1.165) is 4.47 Å². The van der Waals surface area contributed by atoms with E-state index < -0.39 is 0 Å². The molecule has 0 N–H and O–H groups in total. The van der Waals surface area contributed by atoms with Crippen LogP contribution in [0.15, 0.2) is 28.9 Å². The van der Waals surface area contributed by atoms with Crippen molar-refractivity contribution in [2.24, 2.45) is 0 Å². The van der Waals surface area contributed by atoms with Gasteiger partial charge in [0.05, 0.1) is 18.9 Å². The van der Waals surface area contributed by atoms with Crippen LogP contribution in [0.4, 0.5) is 0 Å². The van der Waals surface area contributed by atoms with Crippen molar-refractivity contribution < 1.29 is 4.74 Å². The molecule has 1 aromatic heterocycles. The largest absolute Gasteiger partial charge is 0.496 e. The number of nitrogens with zero attached hydrogens (tertiary/aromatic N) is 3. The maximum atomic E-state index is 8.78. The molecule has 6 heteroatoms. The van der Waals surface area contributed by atoms with Crippen molar-refractivity contribution in [3.8, 4) is 23.2 Å². The lowest BCUT2D eigenvalue weighted by Gasteiger charge is -2.08. The molecule has 0 aliphatic heterocycles. The average molecular weight is 325 g/mol. The fraction of sp³-hybridized carbons (Fsp3) is 0.0833. The molecule has 0 fully saturated rings. The van der Waals surface area contributed by atoms with Gasteiger partial charge in [0.25, 0.3) is 0 Å². The lowest BCUT2D eigenvalue weighted by atomic mass is 10.2. The predicted octanol–water partition coefficient (Wildman–Crippen LogP) is 3.44. The number of aromatic nitrogens is 2. The van der Waals surface area contributed by atoms with Crippen LogP contribution in [0.25, 0.3) is 11.4 Å². The first-order valence-corrected chi connectivity index (χ1v) is 6.09. The topological polar surface area (TPSA) is 58.8 Å². The SMILES string of the molecule is COc1ccc(Br)cc1-c1ncc(C#N)c(Cl)n1. The number of ether oxygens (including phenoxy) is 1. The summed E-state index contributed by atoms with van der Waals surface area (Å²) in [6, 6.07) is 7.40. The highest BCUT2D eigenvalue weighted by Crippen LogP contribution is 2.31. The molecule has 0 bridgehead atoms. The summed E-state index contributed by atoms with van der Waals surface area (Å²) >= 11 is 9.26. The number of methoxy groups -OCH3 is 1. The van der Waals surface area contributed by atoms with Crippen molar-refractivity contribution in [3.05, 3.63) is 39.6 Å². The summed E-state index contributed by atoms with van der Waals surface area (Å²) in [6.45, 7) is 0. The zero-order valence-corrected chi connectivity index (χ0v) is 11.7. The van der Waals surface area contributed by atoms with E-state index in [1.807, 2.05) is 18.2 Å². The molecule has 0 saturated carbocycles. The molecule has 2 rings (SSSR count). The van der Waals surface area contributed by atoms with Gasteiger partial charge >= 0.3 is 0 Å². The number of rotatable bonds is 2. The highest BCUT2D eigenvalue weighted by atomic mass is 79.9. The zero-order valence-electron chi connectivity index (χ0n) is 9.32. The Morgan fingerprint density at radius 3 is 2.83 bits per heavy atom. The van der Waals surface area contributed by atoms with Crippen LogP contribution in [0, 0.1) is 11.3 Å². The van der Waals surface area contributed by atoms with Gasteiger partial charge in [0.2, 0.25) is 0 Å². The van der Waals surface area contributed by atoms with Crippen LogP contribution in [0.1, 0.15) is 5.56 Å². The van der Waals surface area contributed by atoms with Crippen LogP contribution in [0.3, 0.4) is 0 Å². The molecular weight excluding hydrogens is 318 g/mol. The van der Waals surface area contributed by atoms with E-state index in [-0.39, 0.29) is 10.7 Å². The van der Waals surface area contributed by atoms with Crippen molar-refractivity contribution in [2.75, 3.05) is 7.11 Å². The average Bonchev–Trinajstić information content (AvgIpc) is 2.38. The molecule has 0 unspecified atom stereocenters. The Kier molecular flexibility index (Phi) is 3.80. The summed E-state index contributed by atoms with van der Waals surface area (Å²) in [7, 11) is 1.57. The third-order valence-corrected chi connectivity index (χ3v) is 3.05. The zero-order chi connectivity index (χ0) is 13.1. The maximum absolute atomic E-state index is 8.78.